The second-order valence-corrected chi connectivity index (χ2v) is 7.71. The molecule has 0 unspecified atom stereocenters. The molecule has 178 valence electrons. The molecule has 0 saturated heterocycles. The highest BCUT2D eigenvalue weighted by Crippen LogP contribution is 2.21. The van der Waals surface area contributed by atoms with E-state index in [0.29, 0.717) is 24.7 Å². The standard InChI is InChI=1S/C28H30O6/c1-3-5-18-31-23-10-14-25(15-11-23)33-27(29)21-8-7-9-22(20-21)28(30)34-26-16-12-24(13-17-26)32-19-6-4-2/h7-17,20H,3-6,18-19H2,1-2H3. The maximum absolute atomic E-state index is 12.6. The van der Waals surface area contributed by atoms with Gasteiger partial charge in [0.15, 0.2) is 0 Å². The lowest BCUT2D eigenvalue weighted by Gasteiger charge is -2.09. The summed E-state index contributed by atoms with van der Waals surface area (Å²) in [5.74, 6) is 1.09. The summed E-state index contributed by atoms with van der Waals surface area (Å²) in [6.45, 7) is 5.50. The molecule has 0 aliphatic heterocycles. The molecule has 34 heavy (non-hydrogen) atoms. The van der Waals surface area contributed by atoms with Crippen molar-refractivity contribution < 1.29 is 28.5 Å². The SMILES string of the molecule is CCCCOc1ccc(OC(=O)c2cccc(C(=O)Oc3ccc(OCCCC)cc3)c2)cc1. The van der Waals surface area contributed by atoms with E-state index < -0.39 is 11.9 Å². The Morgan fingerprint density at radius 3 is 1.35 bits per heavy atom. The molecular weight excluding hydrogens is 432 g/mol. The Labute approximate surface area is 200 Å². The summed E-state index contributed by atoms with van der Waals surface area (Å²) >= 11 is 0. The van der Waals surface area contributed by atoms with Crippen LogP contribution in [0.25, 0.3) is 0 Å². The molecule has 0 fully saturated rings. The van der Waals surface area contributed by atoms with Gasteiger partial charge in [0.25, 0.3) is 0 Å². The number of hydrogen-bond acceptors (Lipinski definition) is 6. The van der Waals surface area contributed by atoms with Gasteiger partial charge in [-0.05, 0) is 79.6 Å². The number of benzene rings is 3. The van der Waals surface area contributed by atoms with Crippen LogP contribution in [-0.4, -0.2) is 25.2 Å². The van der Waals surface area contributed by atoms with Gasteiger partial charge in [-0.15, -0.1) is 0 Å². The van der Waals surface area contributed by atoms with Crippen LogP contribution in [-0.2, 0) is 0 Å². The molecular formula is C28H30O6. The normalized spacial score (nSPS) is 10.4. The van der Waals surface area contributed by atoms with Crippen LogP contribution in [0.5, 0.6) is 23.0 Å². The number of unbranched alkanes of at least 4 members (excludes halogenated alkanes) is 2. The van der Waals surface area contributed by atoms with Gasteiger partial charge in [-0.3, -0.25) is 0 Å². The van der Waals surface area contributed by atoms with Crippen LogP contribution in [0.3, 0.4) is 0 Å². The maximum Gasteiger partial charge on any atom is 0.343 e. The lowest BCUT2D eigenvalue weighted by molar-refractivity contribution is 0.0734. The predicted octanol–water partition coefficient (Wildman–Crippen LogP) is 6.48. The first kappa shape index (κ1) is 24.8. The van der Waals surface area contributed by atoms with Gasteiger partial charge in [0.05, 0.1) is 24.3 Å². The summed E-state index contributed by atoms with van der Waals surface area (Å²) in [6, 6.07) is 20.0. The van der Waals surface area contributed by atoms with E-state index in [1.54, 1.807) is 66.7 Å². The molecule has 0 N–H and O–H groups in total. The molecule has 0 aliphatic carbocycles. The fourth-order valence-corrected chi connectivity index (χ4v) is 2.98. The van der Waals surface area contributed by atoms with E-state index in [1.165, 1.54) is 6.07 Å². The van der Waals surface area contributed by atoms with Gasteiger partial charge in [-0.1, -0.05) is 32.8 Å². The Kier molecular flexibility index (Phi) is 9.52. The van der Waals surface area contributed by atoms with Crippen LogP contribution in [0.4, 0.5) is 0 Å². The van der Waals surface area contributed by atoms with Gasteiger partial charge in [-0.25, -0.2) is 9.59 Å². The summed E-state index contributed by atoms with van der Waals surface area (Å²) in [5.41, 5.74) is 0.495. The summed E-state index contributed by atoms with van der Waals surface area (Å²) < 4.78 is 22.1. The first-order valence-corrected chi connectivity index (χ1v) is 11.6. The second-order valence-electron chi connectivity index (χ2n) is 7.71. The van der Waals surface area contributed by atoms with Crippen molar-refractivity contribution in [1.82, 2.24) is 0 Å². The van der Waals surface area contributed by atoms with E-state index in [4.69, 9.17) is 18.9 Å². The molecule has 0 aliphatic rings. The highest BCUT2D eigenvalue weighted by atomic mass is 16.5. The van der Waals surface area contributed by atoms with Gasteiger partial charge in [0, 0.05) is 0 Å². The second kappa shape index (κ2) is 13.0. The molecule has 3 aromatic rings. The molecule has 6 heteroatoms. The van der Waals surface area contributed by atoms with Crippen molar-refractivity contribution in [2.24, 2.45) is 0 Å². The van der Waals surface area contributed by atoms with Crippen LogP contribution in [0, 0.1) is 0 Å². The number of hydrogen-bond donors (Lipinski definition) is 0. The first-order valence-electron chi connectivity index (χ1n) is 11.6. The molecule has 0 spiro atoms. The third-order valence-corrected chi connectivity index (χ3v) is 4.94. The van der Waals surface area contributed by atoms with E-state index in [2.05, 4.69) is 13.8 Å². The number of ether oxygens (including phenoxy) is 4. The molecule has 0 radical (unpaired) electrons. The number of carbonyl (C=O) groups is 2. The van der Waals surface area contributed by atoms with Crippen molar-refractivity contribution in [3.63, 3.8) is 0 Å². The van der Waals surface area contributed by atoms with Crippen LogP contribution in [0.1, 0.15) is 60.2 Å². The van der Waals surface area contributed by atoms with Crippen LogP contribution in [0.15, 0.2) is 72.8 Å². The van der Waals surface area contributed by atoms with Crippen molar-refractivity contribution in [3.8, 4) is 23.0 Å². The molecule has 0 aromatic heterocycles. The summed E-state index contributed by atoms with van der Waals surface area (Å²) in [4.78, 5) is 25.1. The Hall–Kier alpha value is -3.80. The van der Waals surface area contributed by atoms with Crippen LogP contribution in [0.2, 0.25) is 0 Å². The summed E-state index contributed by atoms with van der Waals surface area (Å²) in [5, 5.41) is 0. The Balaban J connectivity index is 1.57. The molecule has 0 bridgehead atoms. The van der Waals surface area contributed by atoms with Crippen molar-refractivity contribution in [2.75, 3.05) is 13.2 Å². The molecule has 3 rings (SSSR count). The minimum absolute atomic E-state index is 0.248. The Bertz CT molecular complexity index is 974. The van der Waals surface area contributed by atoms with Gasteiger partial charge >= 0.3 is 11.9 Å². The Morgan fingerprint density at radius 2 is 0.971 bits per heavy atom. The minimum atomic E-state index is -0.567. The first-order chi connectivity index (χ1) is 16.6. The molecule has 0 atom stereocenters. The monoisotopic (exact) mass is 462 g/mol. The zero-order valence-corrected chi connectivity index (χ0v) is 19.6. The van der Waals surface area contributed by atoms with Crippen molar-refractivity contribution in [2.45, 2.75) is 39.5 Å². The fraction of sp³-hybridized carbons (Fsp3) is 0.286. The maximum atomic E-state index is 12.6. The smallest absolute Gasteiger partial charge is 0.343 e. The van der Waals surface area contributed by atoms with Crippen molar-refractivity contribution in [3.05, 3.63) is 83.9 Å². The average molecular weight is 463 g/mol. The molecule has 3 aromatic carbocycles. The van der Waals surface area contributed by atoms with E-state index in [1.807, 2.05) is 0 Å². The van der Waals surface area contributed by atoms with Gasteiger partial charge in [0.1, 0.15) is 23.0 Å². The highest BCUT2D eigenvalue weighted by Gasteiger charge is 2.14. The average Bonchev–Trinajstić information content (AvgIpc) is 2.86. The number of esters is 2. The van der Waals surface area contributed by atoms with Crippen LogP contribution < -0.4 is 18.9 Å². The number of rotatable bonds is 12. The fourth-order valence-electron chi connectivity index (χ4n) is 2.98. The van der Waals surface area contributed by atoms with Crippen molar-refractivity contribution >= 4 is 11.9 Å². The predicted molar refractivity (Wildman–Crippen MR) is 130 cm³/mol. The van der Waals surface area contributed by atoms with E-state index >= 15 is 0 Å². The zero-order valence-electron chi connectivity index (χ0n) is 19.6. The third-order valence-electron chi connectivity index (χ3n) is 4.94. The summed E-state index contributed by atoms with van der Waals surface area (Å²) in [6.07, 6.45) is 4.08. The quantitative estimate of drug-likeness (QED) is 0.174. The van der Waals surface area contributed by atoms with Crippen LogP contribution >= 0.6 is 0 Å². The molecule has 0 saturated carbocycles. The largest absolute Gasteiger partial charge is 0.494 e. The van der Waals surface area contributed by atoms with E-state index in [-0.39, 0.29) is 11.1 Å². The lowest BCUT2D eigenvalue weighted by atomic mass is 10.1. The summed E-state index contributed by atoms with van der Waals surface area (Å²) in [7, 11) is 0. The molecule has 0 heterocycles. The van der Waals surface area contributed by atoms with Gasteiger partial charge in [0.2, 0.25) is 0 Å². The van der Waals surface area contributed by atoms with Crippen molar-refractivity contribution in [1.29, 1.82) is 0 Å². The molecule has 6 nitrogen and oxygen atoms in total. The third kappa shape index (κ3) is 7.66. The molecule has 0 amide bonds. The zero-order chi connectivity index (χ0) is 24.2. The highest BCUT2D eigenvalue weighted by molar-refractivity contribution is 5.96. The van der Waals surface area contributed by atoms with E-state index in [0.717, 1.165) is 37.2 Å². The minimum Gasteiger partial charge on any atom is -0.494 e. The lowest BCUT2D eigenvalue weighted by Crippen LogP contribution is -2.12. The Morgan fingerprint density at radius 1 is 0.588 bits per heavy atom. The van der Waals surface area contributed by atoms with E-state index in [9.17, 15) is 9.59 Å². The topological polar surface area (TPSA) is 71.1 Å². The number of carbonyl (C=O) groups excluding carboxylic acids is 2. The van der Waals surface area contributed by atoms with Gasteiger partial charge in [-0.2, -0.15) is 0 Å². The van der Waals surface area contributed by atoms with Gasteiger partial charge < -0.3 is 18.9 Å².